The zero-order valence-corrected chi connectivity index (χ0v) is 24.3. The molecule has 0 unspecified atom stereocenters. The number of aryl methyl sites for hydroxylation is 2. The maximum atomic E-state index is 12.5. The number of aromatic nitrogens is 5. The zero-order valence-electron chi connectivity index (χ0n) is 23.5. The first-order chi connectivity index (χ1) is 21.0. The third kappa shape index (κ3) is 4.16. The molecule has 0 aliphatic rings. The predicted octanol–water partition coefficient (Wildman–Crippen LogP) is 8.10. The highest BCUT2D eigenvalue weighted by molar-refractivity contribution is 7.25. The van der Waals surface area contributed by atoms with Crippen LogP contribution in [0.15, 0.2) is 120 Å². The van der Waals surface area contributed by atoms with Crippen molar-refractivity contribution in [3.63, 3.8) is 0 Å². The molecule has 0 saturated heterocycles. The molecule has 3 aromatic heterocycles. The van der Waals surface area contributed by atoms with Crippen LogP contribution in [-0.2, 0) is 14.1 Å². The Labute approximate surface area is 251 Å². The third-order valence-corrected chi connectivity index (χ3v) is 9.17. The van der Waals surface area contributed by atoms with Gasteiger partial charge in [-0.1, -0.05) is 84.9 Å². The summed E-state index contributed by atoms with van der Waals surface area (Å²) in [5, 5.41) is 2.36. The lowest BCUT2D eigenvalue weighted by molar-refractivity contribution is 0.795. The Kier molecular flexibility index (Phi) is 5.80. The highest BCUT2D eigenvalue weighted by Crippen LogP contribution is 2.39. The maximum Gasteiger partial charge on any atom is 0.328 e. The Hall–Kier alpha value is -5.40. The molecule has 0 spiro atoms. The fraction of sp³-hybridized carbons (Fsp3) is 0.0556. The molecule has 0 amide bonds. The molecule has 0 bridgehead atoms. The van der Waals surface area contributed by atoms with Gasteiger partial charge in [0.1, 0.15) is 0 Å². The Morgan fingerprint density at radius 1 is 0.535 bits per heavy atom. The van der Waals surface area contributed by atoms with E-state index in [1.54, 1.807) is 34.6 Å². The van der Waals surface area contributed by atoms with E-state index in [9.17, 15) is 4.79 Å². The average molecular weight is 576 g/mol. The van der Waals surface area contributed by atoms with Gasteiger partial charge in [-0.05, 0) is 41.5 Å². The molecule has 8 aromatic rings. The van der Waals surface area contributed by atoms with Crippen molar-refractivity contribution in [2.45, 2.75) is 0 Å². The van der Waals surface area contributed by atoms with Crippen LogP contribution >= 0.6 is 11.3 Å². The SMILES string of the molecule is Cn1c(=O)n(C)c2cc(-c3cccc(-c4nc(-c5ccccc5)nc(-c5cccc6sc7ccccc7c56)n4)c3)ccc21. The van der Waals surface area contributed by atoms with E-state index < -0.39 is 0 Å². The summed E-state index contributed by atoms with van der Waals surface area (Å²) in [6.07, 6.45) is 0. The van der Waals surface area contributed by atoms with Crippen molar-refractivity contribution in [2.24, 2.45) is 14.1 Å². The van der Waals surface area contributed by atoms with Gasteiger partial charge in [0, 0.05) is 51.0 Å². The smallest absolute Gasteiger partial charge is 0.295 e. The quantitative estimate of drug-likeness (QED) is 0.213. The number of hydrogen-bond donors (Lipinski definition) is 0. The van der Waals surface area contributed by atoms with Crippen LogP contribution in [0.1, 0.15) is 0 Å². The van der Waals surface area contributed by atoms with Gasteiger partial charge in [0.15, 0.2) is 17.5 Å². The van der Waals surface area contributed by atoms with Crippen LogP contribution < -0.4 is 5.69 Å². The Balaban J connectivity index is 1.32. The summed E-state index contributed by atoms with van der Waals surface area (Å²) in [6.45, 7) is 0. The summed E-state index contributed by atoms with van der Waals surface area (Å²) in [6, 6.07) is 39.2. The molecule has 0 radical (unpaired) electrons. The van der Waals surface area contributed by atoms with Crippen molar-refractivity contribution in [3.8, 4) is 45.3 Å². The molecule has 0 atom stereocenters. The number of imidazole rings is 1. The maximum absolute atomic E-state index is 12.5. The lowest BCUT2D eigenvalue weighted by atomic mass is 10.0. The van der Waals surface area contributed by atoms with Crippen LogP contribution in [0.2, 0.25) is 0 Å². The molecule has 8 rings (SSSR count). The molecule has 0 saturated carbocycles. The Morgan fingerprint density at radius 2 is 1.16 bits per heavy atom. The number of rotatable bonds is 4. The van der Waals surface area contributed by atoms with Crippen molar-refractivity contribution in [1.82, 2.24) is 24.1 Å². The van der Waals surface area contributed by atoms with E-state index >= 15 is 0 Å². The van der Waals surface area contributed by atoms with Gasteiger partial charge in [-0.3, -0.25) is 9.13 Å². The molecule has 0 aliphatic heterocycles. The molecular weight excluding hydrogens is 550 g/mol. The number of hydrogen-bond acceptors (Lipinski definition) is 5. The van der Waals surface area contributed by atoms with E-state index in [0.29, 0.717) is 17.5 Å². The van der Waals surface area contributed by atoms with Gasteiger partial charge in [0.25, 0.3) is 0 Å². The second-order valence-corrected chi connectivity index (χ2v) is 11.7. The summed E-state index contributed by atoms with van der Waals surface area (Å²) in [7, 11) is 3.60. The third-order valence-electron chi connectivity index (χ3n) is 8.04. The molecule has 43 heavy (non-hydrogen) atoms. The van der Waals surface area contributed by atoms with Crippen LogP contribution in [-0.4, -0.2) is 24.1 Å². The summed E-state index contributed by atoms with van der Waals surface area (Å²) >= 11 is 1.78. The van der Waals surface area contributed by atoms with Gasteiger partial charge >= 0.3 is 5.69 Å². The zero-order chi connectivity index (χ0) is 29.1. The van der Waals surface area contributed by atoms with Crippen LogP contribution in [0.25, 0.3) is 76.5 Å². The lowest BCUT2D eigenvalue weighted by Crippen LogP contribution is -2.19. The molecule has 7 heteroatoms. The van der Waals surface area contributed by atoms with Crippen LogP contribution in [0.3, 0.4) is 0 Å². The number of fused-ring (bicyclic) bond motifs is 4. The standard InChI is InChI=1S/C36H25N5OS/c1-40-28-19-18-24(21-29(28)41(2)36(40)42)23-12-8-13-25(20-23)34-37-33(22-10-4-3-5-11-22)38-35(39-34)27-15-9-17-31-32(27)26-14-6-7-16-30(26)43-31/h3-21H,1-2H3. The fourth-order valence-corrected chi connectivity index (χ4v) is 6.96. The molecule has 0 N–H and O–H groups in total. The van der Waals surface area contributed by atoms with Crippen molar-refractivity contribution >= 4 is 42.5 Å². The van der Waals surface area contributed by atoms with Crippen molar-refractivity contribution < 1.29 is 0 Å². The molecule has 0 fully saturated rings. The number of benzene rings is 5. The summed E-state index contributed by atoms with van der Waals surface area (Å²) in [4.78, 5) is 27.6. The minimum absolute atomic E-state index is 0.0412. The topological polar surface area (TPSA) is 65.6 Å². The largest absolute Gasteiger partial charge is 0.328 e. The van der Waals surface area contributed by atoms with Crippen LogP contribution in [0.5, 0.6) is 0 Å². The summed E-state index contributed by atoms with van der Waals surface area (Å²) < 4.78 is 5.80. The number of thiophene rings is 1. The molecule has 5 aromatic carbocycles. The minimum Gasteiger partial charge on any atom is -0.295 e. The normalized spacial score (nSPS) is 11.6. The highest BCUT2D eigenvalue weighted by Gasteiger charge is 2.17. The summed E-state index contributed by atoms with van der Waals surface area (Å²) in [5.74, 6) is 1.88. The van der Waals surface area contributed by atoms with Gasteiger partial charge in [0.05, 0.1) is 11.0 Å². The monoisotopic (exact) mass is 575 g/mol. The van der Waals surface area contributed by atoms with Crippen molar-refractivity contribution in [3.05, 3.63) is 126 Å². The molecule has 0 aliphatic carbocycles. The molecular formula is C36H25N5OS. The summed E-state index contributed by atoms with van der Waals surface area (Å²) in [5.41, 5.74) is 6.59. The predicted molar refractivity (Wildman–Crippen MR) is 176 cm³/mol. The fourth-order valence-electron chi connectivity index (χ4n) is 5.83. The van der Waals surface area contributed by atoms with E-state index in [-0.39, 0.29) is 5.69 Å². The molecule has 3 heterocycles. The van der Waals surface area contributed by atoms with Crippen LogP contribution in [0, 0.1) is 0 Å². The Bertz CT molecular complexity index is 2400. The lowest BCUT2D eigenvalue weighted by Gasteiger charge is -2.11. The van der Waals surface area contributed by atoms with E-state index in [4.69, 9.17) is 15.0 Å². The minimum atomic E-state index is -0.0412. The van der Waals surface area contributed by atoms with E-state index in [1.807, 2.05) is 48.5 Å². The van der Waals surface area contributed by atoms with E-state index in [1.165, 1.54) is 14.8 Å². The van der Waals surface area contributed by atoms with Crippen LogP contribution in [0.4, 0.5) is 0 Å². The highest BCUT2D eigenvalue weighted by atomic mass is 32.1. The molecule has 6 nitrogen and oxygen atoms in total. The average Bonchev–Trinajstić information content (AvgIpc) is 3.55. The van der Waals surface area contributed by atoms with Gasteiger partial charge in [0.2, 0.25) is 0 Å². The van der Waals surface area contributed by atoms with Gasteiger partial charge in [-0.15, -0.1) is 11.3 Å². The number of nitrogens with zero attached hydrogens (tertiary/aromatic N) is 5. The van der Waals surface area contributed by atoms with E-state index in [0.717, 1.165) is 44.2 Å². The van der Waals surface area contributed by atoms with Crippen molar-refractivity contribution in [1.29, 1.82) is 0 Å². The Morgan fingerprint density at radius 3 is 2.02 bits per heavy atom. The van der Waals surface area contributed by atoms with Crippen molar-refractivity contribution in [2.75, 3.05) is 0 Å². The van der Waals surface area contributed by atoms with Gasteiger partial charge < -0.3 is 0 Å². The van der Waals surface area contributed by atoms with Gasteiger partial charge in [-0.2, -0.15) is 0 Å². The first-order valence-corrected chi connectivity index (χ1v) is 14.9. The second-order valence-electron chi connectivity index (χ2n) is 10.6. The first kappa shape index (κ1) is 25.3. The van der Waals surface area contributed by atoms with Gasteiger partial charge in [-0.25, -0.2) is 19.7 Å². The molecule has 206 valence electrons. The second kappa shape index (κ2) is 9.86. The van der Waals surface area contributed by atoms with E-state index in [2.05, 4.69) is 66.7 Å². The first-order valence-electron chi connectivity index (χ1n) is 14.0.